The lowest BCUT2D eigenvalue weighted by atomic mass is 9.77. The Morgan fingerprint density at radius 1 is 1.26 bits per heavy atom. The van der Waals surface area contributed by atoms with E-state index in [1.54, 1.807) is 0 Å². The Bertz CT molecular complexity index is 475. The van der Waals surface area contributed by atoms with Crippen LogP contribution in [0.3, 0.4) is 0 Å². The highest BCUT2D eigenvalue weighted by molar-refractivity contribution is 5.74. The van der Waals surface area contributed by atoms with Gasteiger partial charge >= 0.3 is 6.03 Å². The van der Waals surface area contributed by atoms with Crippen molar-refractivity contribution < 1.29 is 9.90 Å². The van der Waals surface area contributed by atoms with Gasteiger partial charge in [0, 0.05) is 25.7 Å². The summed E-state index contributed by atoms with van der Waals surface area (Å²) in [6.45, 7) is 5.94. The number of carbonyl (C=O) groups is 1. The van der Waals surface area contributed by atoms with Crippen molar-refractivity contribution in [2.75, 3.05) is 19.7 Å². The van der Waals surface area contributed by atoms with E-state index in [2.05, 4.69) is 31.3 Å². The van der Waals surface area contributed by atoms with Gasteiger partial charge in [0.1, 0.15) is 0 Å². The zero-order valence-electron chi connectivity index (χ0n) is 14.4. The molecule has 2 amide bonds. The van der Waals surface area contributed by atoms with Crippen LogP contribution in [0, 0.1) is 5.41 Å². The fourth-order valence-corrected chi connectivity index (χ4v) is 3.27. The number of nitrogens with zero attached hydrogens (tertiary/aromatic N) is 1. The molecule has 2 N–H and O–H groups in total. The average molecular weight is 318 g/mol. The molecule has 23 heavy (non-hydrogen) atoms. The summed E-state index contributed by atoms with van der Waals surface area (Å²) in [5, 5.41) is 12.8. The van der Waals surface area contributed by atoms with Crippen LogP contribution in [0.15, 0.2) is 30.3 Å². The van der Waals surface area contributed by atoms with Gasteiger partial charge < -0.3 is 15.3 Å². The molecule has 0 bridgehead atoms. The Morgan fingerprint density at radius 3 is 2.43 bits per heavy atom. The Labute approximate surface area is 139 Å². The van der Waals surface area contributed by atoms with Gasteiger partial charge in [-0.25, -0.2) is 4.79 Å². The molecule has 1 aromatic carbocycles. The minimum absolute atomic E-state index is 0.0188. The van der Waals surface area contributed by atoms with Crippen molar-refractivity contribution in [1.29, 1.82) is 0 Å². The normalized spacial score (nSPS) is 18.5. The van der Waals surface area contributed by atoms with Crippen LogP contribution in [-0.4, -0.2) is 41.8 Å². The van der Waals surface area contributed by atoms with Crippen LogP contribution in [0.4, 0.5) is 4.79 Å². The lowest BCUT2D eigenvalue weighted by Crippen LogP contribution is -2.50. The van der Waals surface area contributed by atoms with Crippen molar-refractivity contribution in [3.8, 4) is 0 Å². The van der Waals surface area contributed by atoms with Crippen molar-refractivity contribution in [3.63, 3.8) is 0 Å². The van der Waals surface area contributed by atoms with Gasteiger partial charge in [0.2, 0.25) is 0 Å². The predicted octanol–water partition coefficient (Wildman–Crippen LogP) is 3.20. The number of amides is 2. The number of likely N-dealkylation sites (tertiary alicyclic amines) is 1. The first kappa shape index (κ1) is 17.8. The maximum absolute atomic E-state index is 12.5. The molecule has 128 valence electrons. The van der Waals surface area contributed by atoms with Gasteiger partial charge in [-0.05, 0) is 43.1 Å². The molecule has 1 unspecified atom stereocenters. The zero-order valence-corrected chi connectivity index (χ0v) is 14.4. The van der Waals surface area contributed by atoms with E-state index in [0.717, 1.165) is 45.2 Å². The van der Waals surface area contributed by atoms with E-state index in [1.807, 2.05) is 23.1 Å². The van der Waals surface area contributed by atoms with Crippen LogP contribution in [-0.2, 0) is 6.42 Å². The molecule has 0 aliphatic carbocycles. The topological polar surface area (TPSA) is 52.6 Å². The Hall–Kier alpha value is -1.55. The van der Waals surface area contributed by atoms with E-state index in [0.29, 0.717) is 0 Å². The molecule has 4 nitrogen and oxygen atoms in total. The monoisotopic (exact) mass is 318 g/mol. The summed E-state index contributed by atoms with van der Waals surface area (Å²) in [5.41, 5.74) is 1.27. The Morgan fingerprint density at radius 2 is 1.91 bits per heavy atom. The molecule has 1 aliphatic heterocycles. The molecule has 0 spiro atoms. The van der Waals surface area contributed by atoms with E-state index in [4.69, 9.17) is 0 Å². The fourth-order valence-electron chi connectivity index (χ4n) is 3.27. The smallest absolute Gasteiger partial charge is 0.317 e. The third-order valence-corrected chi connectivity index (χ3v) is 5.34. The maximum atomic E-state index is 12.5. The second-order valence-corrected chi connectivity index (χ2v) is 6.74. The van der Waals surface area contributed by atoms with Crippen LogP contribution < -0.4 is 5.32 Å². The maximum Gasteiger partial charge on any atom is 0.317 e. The summed E-state index contributed by atoms with van der Waals surface area (Å²) in [6.07, 6.45) is 4.55. The van der Waals surface area contributed by atoms with Crippen LogP contribution in [0.2, 0.25) is 0 Å². The van der Waals surface area contributed by atoms with Crippen molar-refractivity contribution in [1.82, 2.24) is 10.2 Å². The summed E-state index contributed by atoms with van der Waals surface area (Å²) in [7, 11) is 0. The van der Waals surface area contributed by atoms with Crippen molar-refractivity contribution >= 4 is 6.03 Å². The predicted molar refractivity (Wildman–Crippen MR) is 93.4 cm³/mol. The minimum Gasteiger partial charge on any atom is -0.396 e. The van der Waals surface area contributed by atoms with Gasteiger partial charge in [0.15, 0.2) is 0 Å². The molecular formula is C19H30N2O2. The second-order valence-electron chi connectivity index (χ2n) is 6.74. The number of rotatable bonds is 6. The molecule has 4 heteroatoms. The minimum atomic E-state index is 0.0188. The van der Waals surface area contributed by atoms with E-state index >= 15 is 0 Å². The van der Waals surface area contributed by atoms with Crippen molar-refractivity contribution in [2.24, 2.45) is 5.41 Å². The molecule has 2 rings (SSSR count). The molecule has 1 atom stereocenters. The highest BCUT2D eigenvalue weighted by Crippen LogP contribution is 2.34. The molecule has 1 heterocycles. The number of piperidine rings is 1. The summed E-state index contributed by atoms with van der Waals surface area (Å²) < 4.78 is 0. The first-order valence-corrected chi connectivity index (χ1v) is 8.82. The van der Waals surface area contributed by atoms with Gasteiger partial charge in [-0.15, -0.1) is 0 Å². The Balaban J connectivity index is 1.86. The molecular weight excluding hydrogens is 288 g/mol. The van der Waals surface area contributed by atoms with Crippen molar-refractivity contribution in [3.05, 3.63) is 35.9 Å². The van der Waals surface area contributed by atoms with Gasteiger partial charge in [-0.2, -0.15) is 0 Å². The highest BCUT2D eigenvalue weighted by Gasteiger charge is 2.34. The molecule has 1 saturated heterocycles. The first-order chi connectivity index (χ1) is 11.1. The largest absolute Gasteiger partial charge is 0.396 e. The standard InChI is InChI=1S/C19H30N2O2/c1-3-17(14-16-8-6-5-7-9-16)20-18(23)21-12-10-19(4-2,15-22)11-13-21/h5-9,17,22H,3-4,10-15H2,1-2H3,(H,20,23). The number of aliphatic hydroxyl groups excluding tert-OH is 1. The molecule has 1 aliphatic rings. The second kappa shape index (κ2) is 8.34. The zero-order chi connectivity index (χ0) is 16.7. The lowest BCUT2D eigenvalue weighted by molar-refractivity contribution is 0.0514. The highest BCUT2D eigenvalue weighted by atomic mass is 16.3. The molecule has 0 saturated carbocycles. The van der Waals surface area contributed by atoms with Crippen LogP contribution in [0.25, 0.3) is 0 Å². The first-order valence-electron chi connectivity index (χ1n) is 8.82. The number of hydrogen-bond donors (Lipinski definition) is 2. The van der Waals surface area contributed by atoms with Gasteiger partial charge in [-0.1, -0.05) is 44.2 Å². The van der Waals surface area contributed by atoms with E-state index in [9.17, 15) is 9.90 Å². The molecule has 1 fully saturated rings. The number of carbonyl (C=O) groups excluding carboxylic acids is 1. The van der Waals surface area contributed by atoms with Gasteiger partial charge in [0.25, 0.3) is 0 Å². The van der Waals surface area contributed by atoms with Crippen LogP contribution in [0.1, 0.15) is 45.1 Å². The van der Waals surface area contributed by atoms with E-state index < -0.39 is 0 Å². The fraction of sp³-hybridized carbons (Fsp3) is 0.632. The third kappa shape index (κ3) is 4.71. The Kier molecular flexibility index (Phi) is 6.46. The number of nitrogens with one attached hydrogen (secondary N) is 1. The number of aliphatic hydroxyl groups is 1. The average Bonchev–Trinajstić information content (AvgIpc) is 2.62. The van der Waals surface area contributed by atoms with Crippen LogP contribution >= 0.6 is 0 Å². The van der Waals surface area contributed by atoms with Crippen LogP contribution in [0.5, 0.6) is 0 Å². The molecule has 0 aromatic heterocycles. The number of benzene rings is 1. The summed E-state index contributed by atoms with van der Waals surface area (Å²) in [4.78, 5) is 14.4. The molecule has 0 radical (unpaired) electrons. The third-order valence-electron chi connectivity index (χ3n) is 5.34. The lowest BCUT2D eigenvalue weighted by Gasteiger charge is -2.40. The quantitative estimate of drug-likeness (QED) is 0.846. The summed E-state index contributed by atoms with van der Waals surface area (Å²) >= 11 is 0. The summed E-state index contributed by atoms with van der Waals surface area (Å²) in [5.74, 6) is 0. The number of urea groups is 1. The number of hydrogen-bond acceptors (Lipinski definition) is 2. The SMILES string of the molecule is CCC(Cc1ccccc1)NC(=O)N1CCC(CC)(CO)CC1. The van der Waals surface area contributed by atoms with Crippen molar-refractivity contribution in [2.45, 2.75) is 52.0 Å². The molecule has 1 aromatic rings. The summed E-state index contributed by atoms with van der Waals surface area (Å²) in [6, 6.07) is 10.5. The van der Waals surface area contributed by atoms with Gasteiger partial charge in [0.05, 0.1) is 0 Å². The van der Waals surface area contributed by atoms with E-state index in [1.165, 1.54) is 5.56 Å². The van der Waals surface area contributed by atoms with E-state index in [-0.39, 0.29) is 24.1 Å². The van der Waals surface area contributed by atoms with Gasteiger partial charge in [-0.3, -0.25) is 0 Å².